The molecule has 0 aromatic heterocycles. The Morgan fingerprint density at radius 2 is 1.33 bits per heavy atom. The van der Waals surface area contributed by atoms with E-state index in [2.05, 4.69) is 68.9 Å². The summed E-state index contributed by atoms with van der Waals surface area (Å²) in [5.41, 5.74) is 4.11. The first-order valence-corrected chi connectivity index (χ1v) is 11.2. The molecule has 148 valence electrons. The molecule has 0 aliphatic heterocycles. The van der Waals surface area contributed by atoms with Gasteiger partial charge in [0.2, 0.25) is 0 Å². The molecule has 2 aliphatic carbocycles. The normalized spacial score (nSPS) is 12.3. The van der Waals surface area contributed by atoms with Crippen LogP contribution in [0.4, 0.5) is 0 Å². The molecule has 0 amide bonds. The molecule has 2 heteroatoms. The van der Waals surface area contributed by atoms with Gasteiger partial charge in [-0.05, 0) is 35.6 Å². The maximum Gasteiger partial charge on any atom is 0.0835 e. The van der Waals surface area contributed by atoms with Gasteiger partial charge in [-0.15, -0.1) is 12.6 Å². The van der Waals surface area contributed by atoms with Crippen molar-refractivity contribution in [1.82, 2.24) is 0 Å². The third kappa shape index (κ3) is 7.71. The first-order valence-electron chi connectivity index (χ1n) is 10.8. The summed E-state index contributed by atoms with van der Waals surface area (Å²) in [5.74, 6) is 0. The number of rotatable bonds is 12. The summed E-state index contributed by atoms with van der Waals surface area (Å²) in [6.45, 7) is 5.36. The molecule has 1 nitrogen and oxygen atoms in total. The summed E-state index contributed by atoms with van der Waals surface area (Å²) < 4.78 is 6.17. The Labute approximate surface area is 172 Å². The highest BCUT2D eigenvalue weighted by Crippen LogP contribution is 2.30. The Balaban J connectivity index is 0.000000358. The molecule has 1 aromatic rings. The molecule has 0 heterocycles. The maximum atomic E-state index is 6.17. The average Bonchev–Trinajstić information content (AvgIpc) is 2.67. The molecular formula is C25H36OS. The number of unbranched alkanes of at least 4 members (excludes halogenated alkanes) is 6. The van der Waals surface area contributed by atoms with Crippen LogP contribution in [-0.2, 0) is 4.74 Å². The molecule has 0 fully saturated rings. The Bertz CT molecular complexity index is 614. The van der Waals surface area contributed by atoms with Gasteiger partial charge in [0, 0.05) is 11.5 Å². The predicted octanol–water partition coefficient (Wildman–Crippen LogP) is 8.25. The molecule has 0 spiro atoms. The number of ether oxygens (including phenoxy) is 1. The molecule has 1 unspecified atom stereocenters. The summed E-state index contributed by atoms with van der Waals surface area (Å²) in [7, 11) is 0. The zero-order valence-corrected chi connectivity index (χ0v) is 18.0. The van der Waals surface area contributed by atoms with Crippen molar-refractivity contribution in [2.45, 2.75) is 82.6 Å². The van der Waals surface area contributed by atoms with Crippen molar-refractivity contribution in [2.75, 3.05) is 6.61 Å². The van der Waals surface area contributed by atoms with Crippen LogP contribution in [0.25, 0.3) is 11.1 Å². The molecule has 0 N–H and O–H groups in total. The standard InChI is InChI=1S/C19H32OS.C6H4/c1-3-5-7-8-9-14-18(20-16-12-6-4-2)17-13-10-11-15-19(17)21;1-2-6-4-3-5(1)6/h10-11,13,15,18,21H,3-9,12,14,16H2,1-2H3;1-4H. The van der Waals surface area contributed by atoms with Gasteiger partial charge in [0.05, 0.1) is 6.10 Å². The van der Waals surface area contributed by atoms with E-state index in [4.69, 9.17) is 4.74 Å². The van der Waals surface area contributed by atoms with Crippen LogP contribution in [0.3, 0.4) is 0 Å². The first kappa shape index (κ1) is 22.0. The second-order valence-corrected chi connectivity index (χ2v) is 7.89. The summed E-state index contributed by atoms with van der Waals surface area (Å²) in [6.07, 6.45) is 11.6. The zero-order chi connectivity index (χ0) is 19.3. The molecule has 3 rings (SSSR count). The lowest BCUT2D eigenvalue weighted by molar-refractivity contribution is 0.0406. The van der Waals surface area contributed by atoms with E-state index in [1.54, 1.807) is 0 Å². The topological polar surface area (TPSA) is 9.23 Å². The lowest BCUT2D eigenvalue weighted by Crippen LogP contribution is -2.07. The van der Waals surface area contributed by atoms with Crippen molar-refractivity contribution in [2.24, 2.45) is 0 Å². The number of hydrogen-bond acceptors (Lipinski definition) is 2. The van der Waals surface area contributed by atoms with E-state index in [9.17, 15) is 0 Å². The maximum absolute atomic E-state index is 6.17. The SMILES string of the molecule is CCCCCCCC(OCCCCC)c1ccccc1S.c1cc2ccc1-2. The van der Waals surface area contributed by atoms with Crippen molar-refractivity contribution in [1.29, 1.82) is 0 Å². The fraction of sp³-hybridized carbons (Fsp3) is 0.520. The Morgan fingerprint density at radius 1 is 0.741 bits per heavy atom. The van der Waals surface area contributed by atoms with Crippen molar-refractivity contribution in [3.63, 3.8) is 0 Å². The Hall–Kier alpha value is -1.25. The number of benzene rings is 2. The third-order valence-corrected chi connectivity index (χ3v) is 5.55. The van der Waals surface area contributed by atoms with E-state index in [-0.39, 0.29) is 6.10 Å². The van der Waals surface area contributed by atoms with E-state index >= 15 is 0 Å². The average molecular weight is 385 g/mol. The minimum Gasteiger partial charge on any atom is -0.373 e. The minimum absolute atomic E-state index is 0.220. The Morgan fingerprint density at radius 3 is 1.89 bits per heavy atom. The first-order chi connectivity index (χ1) is 13.3. The minimum atomic E-state index is 0.220. The van der Waals surface area contributed by atoms with Gasteiger partial charge in [0.1, 0.15) is 0 Å². The van der Waals surface area contributed by atoms with Gasteiger partial charge in [-0.1, -0.05) is 101 Å². The molecule has 0 bridgehead atoms. The van der Waals surface area contributed by atoms with Gasteiger partial charge in [0.15, 0.2) is 0 Å². The number of fused-ring (bicyclic) bond motifs is 1. The molecule has 27 heavy (non-hydrogen) atoms. The molecule has 0 saturated heterocycles. The third-order valence-electron chi connectivity index (χ3n) is 5.14. The zero-order valence-electron chi connectivity index (χ0n) is 17.1. The second-order valence-electron chi connectivity index (χ2n) is 7.41. The summed E-state index contributed by atoms with van der Waals surface area (Å²) in [5, 5.41) is 0. The van der Waals surface area contributed by atoms with Crippen LogP contribution in [0, 0.1) is 0 Å². The molecule has 1 aromatic carbocycles. The Kier molecular flexibility index (Phi) is 10.6. The van der Waals surface area contributed by atoms with E-state index in [0.717, 1.165) is 24.3 Å². The lowest BCUT2D eigenvalue weighted by atomic mass is 9.95. The molecule has 0 radical (unpaired) electrons. The second kappa shape index (κ2) is 13.0. The van der Waals surface area contributed by atoms with E-state index in [0.29, 0.717) is 0 Å². The van der Waals surface area contributed by atoms with Crippen molar-refractivity contribution >= 4 is 12.6 Å². The quantitative estimate of drug-likeness (QED) is 0.244. The van der Waals surface area contributed by atoms with Gasteiger partial charge in [-0.3, -0.25) is 0 Å². The highest BCUT2D eigenvalue weighted by Gasteiger charge is 2.14. The summed E-state index contributed by atoms with van der Waals surface area (Å²) in [4.78, 5) is 1.06. The van der Waals surface area contributed by atoms with Crippen LogP contribution in [0.15, 0.2) is 53.4 Å². The van der Waals surface area contributed by atoms with Gasteiger partial charge in [-0.2, -0.15) is 0 Å². The molecule has 1 atom stereocenters. The van der Waals surface area contributed by atoms with Gasteiger partial charge in [-0.25, -0.2) is 0 Å². The highest BCUT2D eigenvalue weighted by atomic mass is 32.1. The summed E-state index contributed by atoms with van der Waals surface area (Å²) in [6, 6.07) is 16.8. The number of thiol groups is 1. The van der Waals surface area contributed by atoms with Crippen molar-refractivity contribution < 1.29 is 4.74 Å². The van der Waals surface area contributed by atoms with Crippen LogP contribution in [0.1, 0.15) is 83.3 Å². The number of hydrogen-bond donors (Lipinski definition) is 1. The lowest BCUT2D eigenvalue weighted by Gasteiger charge is -2.20. The van der Waals surface area contributed by atoms with Gasteiger partial charge < -0.3 is 4.74 Å². The highest BCUT2D eigenvalue weighted by molar-refractivity contribution is 7.80. The molecular weight excluding hydrogens is 348 g/mol. The van der Waals surface area contributed by atoms with Gasteiger partial charge in [0.25, 0.3) is 0 Å². The summed E-state index contributed by atoms with van der Waals surface area (Å²) >= 11 is 4.60. The largest absolute Gasteiger partial charge is 0.373 e. The van der Waals surface area contributed by atoms with E-state index < -0.39 is 0 Å². The van der Waals surface area contributed by atoms with Crippen LogP contribution in [0.5, 0.6) is 0 Å². The van der Waals surface area contributed by atoms with E-state index in [1.807, 2.05) is 6.07 Å². The van der Waals surface area contributed by atoms with Crippen LogP contribution < -0.4 is 0 Å². The van der Waals surface area contributed by atoms with E-state index in [1.165, 1.54) is 61.6 Å². The fourth-order valence-corrected chi connectivity index (χ4v) is 3.57. The molecule has 2 aliphatic rings. The van der Waals surface area contributed by atoms with Crippen LogP contribution in [-0.4, -0.2) is 6.61 Å². The monoisotopic (exact) mass is 384 g/mol. The fourth-order valence-electron chi connectivity index (χ4n) is 3.26. The van der Waals surface area contributed by atoms with Crippen LogP contribution >= 0.6 is 12.6 Å². The smallest absolute Gasteiger partial charge is 0.0835 e. The predicted molar refractivity (Wildman–Crippen MR) is 121 cm³/mol. The molecule has 0 saturated carbocycles. The van der Waals surface area contributed by atoms with Crippen molar-refractivity contribution in [3.8, 4) is 11.1 Å². The van der Waals surface area contributed by atoms with Crippen molar-refractivity contribution in [3.05, 3.63) is 54.1 Å². The van der Waals surface area contributed by atoms with Gasteiger partial charge >= 0.3 is 0 Å². The van der Waals surface area contributed by atoms with Crippen LogP contribution in [0.2, 0.25) is 0 Å².